The lowest BCUT2D eigenvalue weighted by Crippen LogP contribution is -2.04. The molecule has 4 heteroatoms. The van der Waals surface area contributed by atoms with Crippen LogP contribution in [-0.2, 0) is 0 Å². The van der Waals surface area contributed by atoms with Crippen LogP contribution in [0.3, 0.4) is 0 Å². The van der Waals surface area contributed by atoms with Crippen molar-refractivity contribution < 1.29 is 0 Å². The van der Waals surface area contributed by atoms with Gasteiger partial charge in [-0.2, -0.15) is 0 Å². The van der Waals surface area contributed by atoms with E-state index in [1.54, 1.807) is 0 Å². The number of nitrogens with one attached hydrogen (secondary N) is 1. The number of anilines is 1. The average molecular weight is 152 g/mol. The summed E-state index contributed by atoms with van der Waals surface area (Å²) < 4.78 is 0. The van der Waals surface area contributed by atoms with Crippen LogP contribution >= 0.6 is 0 Å². The van der Waals surface area contributed by atoms with Crippen molar-refractivity contribution >= 4 is 5.82 Å². The summed E-state index contributed by atoms with van der Waals surface area (Å²) in [6.45, 7) is 4.12. The van der Waals surface area contributed by atoms with Gasteiger partial charge in [0.05, 0.1) is 0 Å². The summed E-state index contributed by atoms with van der Waals surface area (Å²) in [7, 11) is 1.83. The van der Waals surface area contributed by atoms with Gasteiger partial charge in [0.25, 0.3) is 0 Å². The van der Waals surface area contributed by atoms with Crippen LogP contribution in [0.25, 0.3) is 0 Å². The second-order valence-corrected chi connectivity index (χ2v) is 2.60. The fraction of sp³-hybridized carbons (Fsp3) is 0.571. The van der Waals surface area contributed by atoms with Crippen LogP contribution in [0.2, 0.25) is 0 Å². The van der Waals surface area contributed by atoms with E-state index in [1.165, 1.54) is 6.33 Å². The zero-order chi connectivity index (χ0) is 8.27. The smallest absolute Gasteiger partial charge is 0.151 e. The van der Waals surface area contributed by atoms with E-state index in [0.717, 1.165) is 11.5 Å². The van der Waals surface area contributed by atoms with Crippen LogP contribution < -0.4 is 5.32 Å². The maximum absolute atomic E-state index is 4.03. The van der Waals surface area contributed by atoms with Crippen molar-refractivity contribution in [2.45, 2.75) is 19.8 Å². The normalized spacial score (nSPS) is 10.2. The summed E-state index contributed by atoms with van der Waals surface area (Å²) >= 11 is 0. The molecule has 0 aliphatic heterocycles. The maximum Gasteiger partial charge on any atom is 0.151 e. The van der Waals surface area contributed by atoms with Gasteiger partial charge in [-0.25, -0.2) is 4.98 Å². The Balaban J connectivity index is 3.02. The lowest BCUT2D eigenvalue weighted by Gasteiger charge is -2.06. The highest BCUT2D eigenvalue weighted by Crippen LogP contribution is 2.16. The highest BCUT2D eigenvalue weighted by molar-refractivity contribution is 5.39. The SMILES string of the molecule is CNc1ncnnc1C(C)C. The van der Waals surface area contributed by atoms with Gasteiger partial charge in [0.2, 0.25) is 0 Å². The fourth-order valence-electron chi connectivity index (χ4n) is 0.867. The minimum absolute atomic E-state index is 0.360. The first-order valence-electron chi connectivity index (χ1n) is 3.61. The van der Waals surface area contributed by atoms with Crippen molar-refractivity contribution in [2.24, 2.45) is 0 Å². The van der Waals surface area contributed by atoms with E-state index >= 15 is 0 Å². The van der Waals surface area contributed by atoms with Gasteiger partial charge >= 0.3 is 0 Å². The predicted molar refractivity (Wildman–Crippen MR) is 43.5 cm³/mol. The van der Waals surface area contributed by atoms with Crippen molar-refractivity contribution in [2.75, 3.05) is 12.4 Å². The third-order valence-electron chi connectivity index (χ3n) is 1.43. The Bertz CT molecular complexity index is 234. The molecule has 0 spiro atoms. The van der Waals surface area contributed by atoms with Gasteiger partial charge in [0.15, 0.2) is 5.82 Å². The largest absolute Gasteiger partial charge is 0.372 e. The van der Waals surface area contributed by atoms with Crippen LogP contribution in [0, 0.1) is 0 Å². The second-order valence-electron chi connectivity index (χ2n) is 2.60. The molecule has 0 radical (unpaired) electrons. The van der Waals surface area contributed by atoms with Gasteiger partial charge in [-0.1, -0.05) is 13.8 Å². The van der Waals surface area contributed by atoms with Gasteiger partial charge in [-0.05, 0) is 0 Å². The molecule has 60 valence electrons. The summed E-state index contributed by atoms with van der Waals surface area (Å²) in [5, 5.41) is 10.7. The van der Waals surface area contributed by atoms with Crippen molar-refractivity contribution in [1.29, 1.82) is 0 Å². The maximum atomic E-state index is 4.03. The van der Waals surface area contributed by atoms with Gasteiger partial charge < -0.3 is 5.32 Å². The molecule has 0 unspecified atom stereocenters. The molecule has 1 heterocycles. The Morgan fingerprint density at radius 1 is 1.45 bits per heavy atom. The Kier molecular flexibility index (Phi) is 2.36. The molecule has 0 aliphatic rings. The molecule has 0 amide bonds. The molecule has 0 fully saturated rings. The average Bonchev–Trinajstić information content (AvgIpc) is 2.04. The van der Waals surface area contributed by atoms with Gasteiger partial charge in [-0.15, -0.1) is 10.2 Å². The van der Waals surface area contributed by atoms with Crippen LogP contribution in [0.4, 0.5) is 5.82 Å². The van der Waals surface area contributed by atoms with Crippen LogP contribution in [0.5, 0.6) is 0 Å². The molecule has 0 saturated carbocycles. The molecule has 1 rings (SSSR count). The Morgan fingerprint density at radius 3 is 2.64 bits per heavy atom. The number of hydrogen-bond donors (Lipinski definition) is 1. The third kappa shape index (κ3) is 1.63. The Morgan fingerprint density at radius 2 is 2.18 bits per heavy atom. The highest BCUT2D eigenvalue weighted by Gasteiger charge is 2.07. The number of aromatic nitrogens is 3. The van der Waals surface area contributed by atoms with Gasteiger partial charge in [-0.3, -0.25) is 0 Å². The van der Waals surface area contributed by atoms with Crippen molar-refractivity contribution in [3.63, 3.8) is 0 Å². The van der Waals surface area contributed by atoms with Crippen LogP contribution in [-0.4, -0.2) is 22.2 Å². The first kappa shape index (κ1) is 7.91. The molecule has 1 aromatic rings. The Labute approximate surface area is 66.1 Å². The minimum atomic E-state index is 0.360. The number of hydrogen-bond acceptors (Lipinski definition) is 4. The van der Waals surface area contributed by atoms with E-state index in [1.807, 2.05) is 7.05 Å². The van der Waals surface area contributed by atoms with Gasteiger partial charge in [0, 0.05) is 13.0 Å². The van der Waals surface area contributed by atoms with Crippen molar-refractivity contribution in [3.8, 4) is 0 Å². The first-order chi connectivity index (χ1) is 5.25. The zero-order valence-corrected chi connectivity index (χ0v) is 7.00. The van der Waals surface area contributed by atoms with E-state index < -0.39 is 0 Å². The molecule has 0 aliphatic carbocycles. The molecular weight excluding hydrogens is 140 g/mol. The minimum Gasteiger partial charge on any atom is -0.372 e. The van der Waals surface area contributed by atoms with Crippen molar-refractivity contribution in [1.82, 2.24) is 15.2 Å². The second kappa shape index (κ2) is 3.27. The number of rotatable bonds is 2. The van der Waals surface area contributed by atoms with Crippen LogP contribution in [0.1, 0.15) is 25.5 Å². The summed E-state index contributed by atoms with van der Waals surface area (Å²) in [5.74, 6) is 1.17. The van der Waals surface area contributed by atoms with E-state index in [2.05, 4.69) is 34.3 Å². The zero-order valence-electron chi connectivity index (χ0n) is 7.00. The molecule has 4 nitrogen and oxygen atoms in total. The Hall–Kier alpha value is -1.19. The van der Waals surface area contributed by atoms with Gasteiger partial charge in [0.1, 0.15) is 12.0 Å². The molecule has 0 atom stereocenters. The molecule has 0 aromatic carbocycles. The molecule has 0 saturated heterocycles. The van der Waals surface area contributed by atoms with E-state index in [-0.39, 0.29) is 0 Å². The molecule has 1 N–H and O–H groups in total. The van der Waals surface area contributed by atoms with E-state index in [9.17, 15) is 0 Å². The summed E-state index contributed by atoms with van der Waals surface area (Å²) in [6.07, 6.45) is 1.44. The molecule has 11 heavy (non-hydrogen) atoms. The monoisotopic (exact) mass is 152 g/mol. The van der Waals surface area contributed by atoms with E-state index in [4.69, 9.17) is 0 Å². The standard InChI is InChI=1S/C7H12N4/c1-5(2)6-7(8-3)9-4-10-11-6/h4-5H,1-3H3,(H,8,9,10). The van der Waals surface area contributed by atoms with Crippen molar-refractivity contribution in [3.05, 3.63) is 12.0 Å². The lowest BCUT2D eigenvalue weighted by atomic mass is 10.1. The summed E-state index contributed by atoms with van der Waals surface area (Å²) in [5.41, 5.74) is 0.912. The third-order valence-corrected chi connectivity index (χ3v) is 1.43. The molecule has 1 aromatic heterocycles. The number of nitrogens with zero attached hydrogens (tertiary/aromatic N) is 3. The topological polar surface area (TPSA) is 50.7 Å². The molecule has 0 bridgehead atoms. The van der Waals surface area contributed by atoms with E-state index in [0.29, 0.717) is 5.92 Å². The van der Waals surface area contributed by atoms with Crippen LogP contribution in [0.15, 0.2) is 6.33 Å². The fourth-order valence-corrected chi connectivity index (χ4v) is 0.867. The highest BCUT2D eigenvalue weighted by atomic mass is 15.2. The quantitative estimate of drug-likeness (QED) is 0.687. The summed E-state index contributed by atoms with van der Waals surface area (Å²) in [4.78, 5) is 4.03. The lowest BCUT2D eigenvalue weighted by molar-refractivity contribution is 0.770. The predicted octanol–water partition coefficient (Wildman–Crippen LogP) is 1.04. The summed E-state index contributed by atoms with van der Waals surface area (Å²) in [6, 6.07) is 0. The first-order valence-corrected chi connectivity index (χ1v) is 3.61. The molecular formula is C7H12N4.